The molecule has 1 aromatic heterocycles. The number of rotatable bonds is 9. The van der Waals surface area contributed by atoms with Gasteiger partial charge in [0.05, 0.1) is 13.2 Å². The second-order valence-electron chi connectivity index (χ2n) is 4.53. The molecule has 5 heteroatoms. The Morgan fingerprint density at radius 1 is 1.37 bits per heavy atom. The predicted octanol–water partition coefficient (Wildman–Crippen LogP) is 1.29. The van der Waals surface area contributed by atoms with Gasteiger partial charge in [-0.3, -0.25) is 4.98 Å². The molecular weight excluding hydrogens is 242 g/mol. The van der Waals surface area contributed by atoms with Crippen molar-refractivity contribution in [3.8, 4) is 0 Å². The van der Waals surface area contributed by atoms with E-state index in [0.717, 1.165) is 13.1 Å². The zero-order valence-electron chi connectivity index (χ0n) is 12.3. The number of aromatic nitrogens is 1. The van der Waals surface area contributed by atoms with Crippen LogP contribution in [0.2, 0.25) is 0 Å². The molecule has 1 atom stereocenters. The Labute approximate surface area is 115 Å². The highest BCUT2D eigenvalue weighted by Crippen LogP contribution is 2.21. The van der Waals surface area contributed by atoms with Gasteiger partial charge in [-0.25, -0.2) is 0 Å². The van der Waals surface area contributed by atoms with Crippen molar-refractivity contribution in [1.29, 1.82) is 0 Å². The summed E-state index contributed by atoms with van der Waals surface area (Å²) in [5, 5.41) is 3.18. The van der Waals surface area contributed by atoms with Crippen molar-refractivity contribution in [3.63, 3.8) is 0 Å². The number of pyridine rings is 1. The van der Waals surface area contributed by atoms with Crippen LogP contribution in [0.1, 0.15) is 12.5 Å². The van der Waals surface area contributed by atoms with Gasteiger partial charge in [0.2, 0.25) is 0 Å². The van der Waals surface area contributed by atoms with Crippen LogP contribution in [0.3, 0.4) is 0 Å². The molecule has 1 aromatic rings. The first-order valence-corrected chi connectivity index (χ1v) is 6.56. The molecule has 0 fully saturated rings. The van der Waals surface area contributed by atoms with Crippen LogP contribution in [0.4, 0.5) is 5.69 Å². The van der Waals surface area contributed by atoms with Gasteiger partial charge in [0.25, 0.3) is 0 Å². The highest BCUT2D eigenvalue weighted by atomic mass is 16.5. The van der Waals surface area contributed by atoms with Crippen LogP contribution in [0.15, 0.2) is 18.5 Å². The van der Waals surface area contributed by atoms with Gasteiger partial charge in [-0.05, 0) is 20.0 Å². The minimum atomic E-state index is 0.290. The molecule has 0 aliphatic heterocycles. The molecule has 19 heavy (non-hydrogen) atoms. The summed E-state index contributed by atoms with van der Waals surface area (Å²) in [6, 6.07) is 2.34. The molecule has 0 saturated heterocycles. The molecule has 0 aliphatic rings. The molecule has 0 aliphatic carbocycles. The third-order valence-electron chi connectivity index (χ3n) is 3.03. The number of hydrogen-bond acceptors (Lipinski definition) is 5. The van der Waals surface area contributed by atoms with Crippen molar-refractivity contribution in [1.82, 2.24) is 10.3 Å². The van der Waals surface area contributed by atoms with Gasteiger partial charge >= 0.3 is 0 Å². The number of anilines is 1. The van der Waals surface area contributed by atoms with Crippen molar-refractivity contribution in [3.05, 3.63) is 24.0 Å². The van der Waals surface area contributed by atoms with Crippen molar-refractivity contribution >= 4 is 5.69 Å². The van der Waals surface area contributed by atoms with Gasteiger partial charge in [0.15, 0.2) is 0 Å². The van der Waals surface area contributed by atoms with Gasteiger partial charge in [-0.15, -0.1) is 0 Å². The van der Waals surface area contributed by atoms with E-state index in [4.69, 9.17) is 9.47 Å². The SMILES string of the molecule is CNCc1cnccc1N(CCOC)C(C)COC. The fourth-order valence-corrected chi connectivity index (χ4v) is 2.13. The monoisotopic (exact) mass is 267 g/mol. The first kappa shape index (κ1) is 15.9. The fraction of sp³-hybridized carbons (Fsp3) is 0.643. The summed E-state index contributed by atoms with van der Waals surface area (Å²) >= 11 is 0. The van der Waals surface area contributed by atoms with Crippen LogP contribution in [0, 0.1) is 0 Å². The van der Waals surface area contributed by atoms with Crippen LogP contribution in [0.25, 0.3) is 0 Å². The summed E-state index contributed by atoms with van der Waals surface area (Å²) in [6.45, 7) is 5.16. The Balaban J connectivity index is 2.94. The molecule has 108 valence electrons. The highest BCUT2D eigenvalue weighted by Gasteiger charge is 2.17. The van der Waals surface area contributed by atoms with E-state index in [0.29, 0.717) is 13.2 Å². The van der Waals surface area contributed by atoms with Crippen LogP contribution in [-0.4, -0.2) is 52.1 Å². The largest absolute Gasteiger partial charge is 0.383 e. The van der Waals surface area contributed by atoms with E-state index in [1.54, 1.807) is 14.2 Å². The number of ether oxygens (including phenoxy) is 2. The molecule has 0 saturated carbocycles. The molecule has 0 aromatic carbocycles. The molecule has 5 nitrogen and oxygen atoms in total. The molecule has 0 spiro atoms. The van der Waals surface area contributed by atoms with Crippen LogP contribution < -0.4 is 10.2 Å². The topological polar surface area (TPSA) is 46.6 Å². The number of nitrogens with one attached hydrogen (secondary N) is 1. The Morgan fingerprint density at radius 2 is 2.16 bits per heavy atom. The third kappa shape index (κ3) is 4.78. The van der Waals surface area contributed by atoms with Crippen LogP contribution >= 0.6 is 0 Å². The van der Waals surface area contributed by atoms with E-state index in [2.05, 4.69) is 28.2 Å². The molecule has 0 bridgehead atoms. The Morgan fingerprint density at radius 3 is 2.79 bits per heavy atom. The first-order chi connectivity index (χ1) is 9.24. The molecule has 1 N–H and O–H groups in total. The quantitative estimate of drug-likeness (QED) is 0.730. The zero-order chi connectivity index (χ0) is 14.1. The number of hydrogen-bond donors (Lipinski definition) is 1. The lowest BCUT2D eigenvalue weighted by atomic mass is 10.1. The second-order valence-corrected chi connectivity index (χ2v) is 4.53. The minimum absolute atomic E-state index is 0.290. The van der Waals surface area contributed by atoms with Crippen molar-refractivity contribution in [2.24, 2.45) is 0 Å². The normalized spacial score (nSPS) is 12.4. The fourth-order valence-electron chi connectivity index (χ4n) is 2.13. The maximum absolute atomic E-state index is 5.27. The summed E-state index contributed by atoms with van der Waals surface area (Å²) in [5.41, 5.74) is 2.37. The highest BCUT2D eigenvalue weighted by molar-refractivity contribution is 5.53. The van der Waals surface area contributed by atoms with Crippen molar-refractivity contribution in [2.75, 3.05) is 45.9 Å². The second kappa shape index (κ2) is 8.85. The summed E-state index contributed by atoms with van der Waals surface area (Å²) in [4.78, 5) is 6.51. The van der Waals surface area contributed by atoms with Gasteiger partial charge in [-0.2, -0.15) is 0 Å². The lowest BCUT2D eigenvalue weighted by molar-refractivity contribution is 0.171. The number of methoxy groups -OCH3 is 2. The summed E-state index contributed by atoms with van der Waals surface area (Å²) in [5.74, 6) is 0. The molecule has 1 unspecified atom stereocenters. The number of nitrogens with zero attached hydrogens (tertiary/aromatic N) is 2. The third-order valence-corrected chi connectivity index (χ3v) is 3.03. The van der Waals surface area contributed by atoms with Gasteiger partial charge in [-0.1, -0.05) is 0 Å². The van der Waals surface area contributed by atoms with E-state index >= 15 is 0 Å². The predicted molar refractivity (Wildman–Crippen MR) is 77.6 cm³/mol. The lowest BCUT2D eigenvalue weighted by Gasteiger charge is -2.32. The van der Waals surface area contributed by atoms with Crippen molar-refractivity contribution in [2.45, 2.75) is 19.5 Å². The van der Waals surface area contributed by atoms with E-state index in [9.17, 15) is 0 Å². The Bertz CT molecular complexity index is 360. The summed E-state index contributed by atoms with van der Waals surface area (Å²) < 4.78 is 10.5. The summed E-state index contributed by atoms with van der Waals surface area (Å²) in [7, 11) is 5.39. The zero-order valence-corrected chi connectivity index (χ0v) is 12.3. The van der Waals surface area contributed by atoms with Gasteiger partial charge in [0.1, 0.15) is 0 Å². The minimum Gasteiger partial charge on any atom is -0.383 e. The average Bonchev–Trinajstić information content (AvgIpc) is 2.41. The molecule has 1 heterocycles. The molecule has 0 radical (unpaired) electrons. The molecule has 1 rings (SSSR count). The maximum Gasteiger partial charge on any atom is 0.0663 e. The van der Waals surface area contributed by atoms with E-state index < -0.39 is 0 Å². The molecule has 0 amide bonds. The van der Waals surface area contributed by atoms with E-state index in [1.165, 1.54) is 11.3 Å². The Hall–Kier alpha value is -1.17. The summed E-state index contributed by atoms with van der Waals surface area (Å²) in [6.07, 6.45) is 3.74. The average molecular weight is 267 g/mol. The maximum atomic E-state index is 5.27. The van der Waals surface area contributed by atoms with Gasteiger partial charge in [0, 0.05) is 57.0 Å². The van der Waals surface area contributed by atoms with E-state index in [1.807, 2.05) is 19.4 Å². The van der Waals surface area contributed by atoms with Crippen molar-refractivity contribution < 1.29 is 9.47 Å². The Kier molecular flexibility index (Phi) is 7.40. The smallest absolute Gasteiger partial charge is 0.0663 e. The van der Waals surface area contributed by atoms with Crippen LogP contribution in [0.5, 0.6) is 0 Å². The van der Waals surface area contributed by atoms with Gasteiger partial charge < -0.3 is 19.7 Å². The lowest BCUT2D eigenvalue weighted by Crippen LogP contribution is -2.39. The van der Waals surface area contributed by atoms with Crippen LogP contribution in [-0.2, 0) is 16.0 Å². The standard InChI is InChI=1S/C14H25N3O2/c1-12(11-19-4)17(7-8-18-3)14-5-6-16-10-13(14)9-15-2/h5-6,10,12,15H,7-9,11H2,1-4H3. The first-order valence-electron chi connectivity index (χ1n) is 6.56. The van der Waals surface area contributed by atoms with E-state index in [-0.39, 0.29) is 6.04 Å². The molecular formula is C14H25N3O2.